The number of rotatable bonds is 7. The molecule has 0 amide bonds. The molecule has 0 atom stereocenters. The maximum atomic E-state index is 11.4. The van der Waals surface area contributed by atoms with E-state index >= 15 is 0 Å². The number of thiophene rings is 1. The third-order valence-electron chi connectivity index (χ3n) is 5.44. The van der Waals surface area contributed by atoms with E-state index in [1.165, 1.54) is 23.5 Å². The summed E-state index contributed by atoms with van der Waals surface area (Å²) in [7, 11) is 0. The number of nitrogens with zero attached hydrogens (tertiary/aromatic N) is 5. The lowest BCUT2D eigenvalue weighted by atomic mass is 10.1. The number of hydrogen-bond donors (Lipinski definition) is 0. The molecular formula is C26H17N5O4S. The highest BCUT2D eigenvalue weighted by molar-refractivity contribution is 7.19. The minimum absolute atomic E-state index is 0.0606. The van der Waals surface area contributed by atoms with Gasteiger partial charge in [0, 0.05) is 17.1 Å². The second kappa shape index (κ2) is 9.72. The van der Waals surface area contributed by atoms with Crippen molar-refractivity contribution in [3.63, 3.8) is 0 Å². The standard InChI is InChI=1S/C26H17N5O4S/c32-30(33)20-13-14-22(24(17-20)31(34)35)27-28-25-15-16-26(36-25)29(19-9-2-1-3-10-19)23-12-6-8-18-7-4-5-11-21(18)23/h1-17H. The summed E-state index contributed by atoms with van der Waals surface area (Å²) in [5, 5.41) is 34.2. The smallest absolute Gasteiger partial charge is 0.301 e. The molecule has 176 valence electrons. The fourth-order valence-corrected chi connectivity index (χ4v) is 4.68. The summed E-state index contributed by atoms with van der Waals surface area (Å²) in [5.41, 5.74) is 1.04. The summed E-state index contributed by atoms with van der Waals surface area (Å²) >= 11 is 1.37. The predicted octanol–water partition coefficient (Wildman–Crippen LogP) is 8.60. The number of nitro groups is 2. The molecule has 9 nitrogen and oxygen atoms in total. The molecule has 0 aliphatic rings. The topological polar surface area (TPSA) is 114 Å². The van der Waals surface area contributed by atoms with E-state index in [9.17, 15) is 20.2 Å². The lowest BCUT2D eigenvalue weighted by Gasteiger charge is -2.25. The number of hydrogen-bond acceptors (Lipinski definition) is 8. The number of fused-ring (bicyclic) bond motifs is 1. The molecule has 1 heterocycles. The van der Waals surface area contributed by atoms with Gasteiger partial charge in [-0.1, -0.05) is 65.9 Å². The SMILES string of the molecule is O=[N+]([O-])c1ccc(N=Nc2ccc(N(c3ccccc3)c3cccc4ccccc34)s2)c([N+](=O)[O-])c1. The van der Waals surface area contributed by atoms with Crippen LogP contribution in [-0.2, 0) is 0 Å². The maximum Gasteiger partial charge on any atom is 0.303 e. The van der Waals surface area contributed by atoms with Gasteiger partial charge in [-0.25, -0.2) is 0 Å². The van der Waals surface area contributed by atoms with Crippen LogP contribution in [0.5, 0.6) is 0 Å². The zero-order valence-electron chi connectivity index (χ0n) is 18.6. The third kappa shape index (κ3) is 4.52. The van der Waals surface area contributed by atoms with Crippen LogP contribution in [0, 0.1) is 20.2 Å². The molecule has 5 rings (SSSR count). The van der Waals surface area contributed by atoms with Crippen molar-refractivity contribution >= 4 is 60.5 Å². The molecule has 0 saturated carbocycles. The van der Waals surface area contributed by atoms with Crippen molar-refractivity contribution < 1.29 is 9.85 Å². The van der Waals surface area contributed by atoms with E-state index in [0.29, 0.717) is 5.00 Å². The molecule has 0 saturated heterocycles. The predicted molar refractivity (Wildman–Crippen MR) is 140 cm³/mol. The fourth-order valence-electron chi connectivity index (χ4n) is 3.82. The van der Waals surface area contributed by atoms with Crippen molar-refractivity contribution in [3.8, 4) is 0 Å². The van der Waals surface area contributed by atoms with E-state index < -0.39 is 15.5 Å². The van der Waals surface area contributed by atoms with Crippen LogP contribution >= 0.6 is 11.3 Å². The number of non-ortho nitro benzene ring substituents is 1. The van der Waals surface area contributed by atoms with Crippen molar-refractivity contribution in [2.75, 3.05) is 4.90 Å². The number of para-hydroxylation sites is 1. The Labute approximate surface area is 208 Å². The lowest BCUT2D eigenvalue weighted by molar-refractivity contribution is -0.393. The minimum Gasteiger partial charge on any atom is -0.301 e. The van der Waals surface area contributed by atoms with Crippen molar-refractivity contribution in [3.05, 3.63) is 123 Å². The van der Waals surface area contributed by atoms with Crippen LogP contribution in [0.25, 0.3) is 10.8 Å². The first-order valence-electron chi connectivity index (χ1n) is 10.8. The van der Waals surface area contributed by atoms with Gasteiger partial charge >= 0.3 is 5.69 Å². The van der Waals surface area contributed by atoms with Crippen molar-refractivity contribution in [1.29, 1.82) is 0 Å². The van der Waals surface area contributed by atoms with E-state index in [2.05, 4.69) is 39.4 Å². The van der Waals surface area contributed by atoms with Crippen LogP contribution in [0.4, 0.5) is 38.4 Å². The normalized spacial score (nSPS) is 11.1. The fraction of sp³-hybridized carbons (Fsp3) is 0. The maximum absolute atomic E-state index is 11.4. The first-order valence-corrected chi connectivity index (χ1v) is 11.6. The molecule has 0 spiro atoms. The Balaban J connectivity index is 1.54. The number of benzene rings is 4. The van der Waals surface area contributed by atoms with E-state index in [0.717, 1.165) is 33.2 Å². The van der Waals surface area contributed by atoms with Crippen molar-refractivity contribution in [2.45, 2.75) is 0 Å². The number of azo groups is 1. The summed E-state index contributed by atoms with van der Waals surface area (Å²) < 4.78 is 0. The average Bonchev–Trinajstić information content (AvgIpc) is 3.36. The molecule has 0 aliphatic heterocycles. The van der Waals surface area contributed by atoms with Gasteiger partial charge in [-0.3, -0.25) is 20.2 Å². The molecule has 0 bridgehead atoms. The minimum atomic E-state index is -0.709. The molecule has 0 radical (unpaired) electrons. The van der Waals surface area contributed by atoms with E-state index in [1.54, 1.807) is 6.07 Å². The van der Waals surface area contributed by atoms with Gasteiger partial charge in [-0.05, 0) is 41.8 Å². The Morgan fingerprint density at radius 2 is 1.47 bits per heavy atom. The monoisotopic (exact) mass is 495 g/mol. The highest BCUT2D eigenvalue weighted by Gasteiger charge is 2.20. The van der Waals surface area contributed by atoms with Gasteiger partial charge in [-0.15, -0.1) is 10.2 Å². The molecule has 4 aromatic carbocycles. The van der Waals surface area contributed by atoms with Crippen LogP contribution in [0.2, 0.25) is 0 Å². The van der Waals surface area contributed by atoms with E-state index in [-0.39, 0.29) is 11.4 Å². The Morgan fingerprint density at radius 3 is 2.25 bits per heavy atom. The van der Waals surface area contributed by atoms with Crippen LogP contribution < -0.4 is 4.90 Å². The molecule has 10 heteroatoms. The van der Waals surface area contributed by atoms with Gasteiger partial charge < -0.3 is 4.90 Å². The molecule has 0 aliphatic carbocycles. The van der Waals surface area contributed by atoms with Gasteiger partial charge in [0.15, 0.2) is 5.69 Å². The second-order valence-corrected chi connectivity index (χ2v) is 8.71. The molecule has 1 aromatic heterocycles. The van der Waals surface area contributed by atoms with Gasteiger partial charge in [0.05, 0.1) is 21.6 Å². The van der Waals surface area contributed by atoms with Gasteiger partial charge in [0.25, 0.3) is 5.69 Å². The molecule has 0 unspecified atom stereocenters. The molecule has 5 aromatic rings. The first-order chi connectivity index (χ1) is 17.5. The Bertz CT molecular complexity index is 1610. The van der Waals surface area contributed by atoms with Crippen LogP contribution in [0.3, 0.4) is 0 Å². The average molecular weight is 496 g/mol. The largest absolute Gasteiger partial charge is 0.303 e. The molecule has 36 heavy (non-hydrogen) atoms. The van der Waals surface area contributed by atoms with E-state index in [1.807, 2.05) is 54.6 Å². The van der Waals surface area contributed by atoms with Crippen LogP contribution in [-0.4, -0.2) is 9.85 Å². The summed E-state index contributed by atoms with van der Waals surface area (Å²) in [5.74, 6) is 0. The second-order valence-electron chi connectivity index (χ2n) is 7.67. The van der Waals surface area contributed by atoms with Crippen molar-refractivity contribution in [1.82, 2.24) is 0 Å². The lowest BCUT2D eigenvalue weighted by Crippen LogP contribution is -2.08. The van der Waals surface area contributed by atoms with Gasteiger partial charge in [-0.2, -0.15) is 0 Å². The number of anilines is 3. The quantitative estimate of drug-likeness (QED) is 0.127. The van der Waals surface area contributed by atoms with Crippen LogP contribution in [0.1, 0.15) is 0 Å². The van der Waals surface area contributed by atoms with Crippen LogP contribution in [0.15, 0.2) is 113 Å². The zero-order valence-corrected chi connectivity index (χ0v) is 19.4. The van der Waals surface area contributed by atoms with Crippen molar-refractivity contribution in [2.24, 2.45) is 10.2 Å². The van der Waals surface area contributed by atoms with E-state index in [4.69, 9.17) is 0 Å². The first kappa shape index (κ1) is 22.8. The summed E-state index contributed by atoms with van der Waals surface area (Å²) in [4.78, 5) is 23.1. The zero-order chi connectivity index (χ0) is 25.1. The molecule has 0 fully saturated rings. The Kier molecular flexibility index (Phi) is 6.16. The summed E-state index contributed by atoms with van der Waals surface area (Å²) in [6.07, 6.45) is 0. The number of nitro benzene ring substituents is 2. The highest BCUT2D eigenvalue weighted by atomic mass is 32.1. The van der Waals surface area contributed by atoms with Gasteiger partial charge in [0.2, 0.25) is 0 Å². The molecular weight excluding hydrogens is 478 g/mol. The van der Waals surface area contributed by atoms with Gasteiger partial charge in [0.1, 0.15) is 10.0 Å². The highest BCUT2D eigenvalue weighted by Crippen LogP contribution is 2.44. The molecule has 0 N–H and O–H groups in total. The Morgan fingerprint density at radius 1 is 0.722 bits per heavy atom. The Hall–Kier alpha value is -4.96. The third-order valence-corrected chi connectivity index (χ3v) is 6.40. The summed E-state index contributed by atoms with van der Waals surface area (Å²) in [6.45, 7) is 0. The summed E-state index contributed by atoms with van der Waals surface area (Å²) in [6, 6.07) is 31.1.